The van der Waals surface area contributed by atoms with Gasteiger partial charge in [-0.1, -0.05) is 28.1 Å². The zero-order chi connectivity index (χ0) is 12.3. The first-order valence-electron chi connectivity index (χ1n) is 5.07. The Kier molecular flexibility index (Phi) is 4.07. The average Bonchev–Trinajstić information content (AvgIpc) is 2.27. The first-order chi connectivity index (χ1) is 8.15. The van der Waals surface area contributed by atoms with Crippen LogP contribution in [0, 0.1) is 5.82 Å². The van der Waals surface area contributed by atoms with Gasteiger partial charge in [0.1, 0.15) is 5.82 Å². The fraction of sp³-hybridized carbons (Fsp3) is 0.0769. The van der Waals surface area contributed by atoms with Gasteiger partial charge in [-0.25, -0.2) is 4.39 Å². The molecule has 0 heterocycles. The van der Waals surface area contributed by atoms with Crippen molar-refractivity contribution < 1.29 is 4.39 Å². The molecule has 2 N–H and O–H groups in total. The summed E-state index contributed by atoms with van der Waals surface area (Å²) in [5, 5.41) is 0. The number of benzene rings is 2. The lowest BCUT2D eigenvalue weighted by Gasteiger charge is -2.05. The van der Waals surface area contributed by atoms with E-state index in [-0.39, 0.29) is 5.82 Å². The summed E-state index contributed by atoms with van der Waals surface area (Å²) in [7, 11) is 0. The molecule has 17 heavy (non-hydrogen) atoms. The van der Waals surface area contributed by atoms with E-state index >= 15 is 0 Å². The van der Waals surface area contributed by atoms with Crippen LogP contribution in [0.1, 0.15) is 5.56 Å². The van der Waals surface area contributed by atoms with E-state index in [1.807, 2.05) is 24.3 Å². The van der Waals surface area contributed by atoms with Crippen LogP contribution in [0.15, 0.2) is 51.8 Å². The Balaban J connectivity index is 2.10. The standard InChI is InChI=1S/C13H11BrFNS/c14-10-5-9(6-11(16)7-10)8-17-13-4-2-1-3-12(13)15/h1-7H,8,16H2. The first-order valence-corrected chi connectivity index (χ1v) is 6.85. The lowest BCUT2D eigenvalue weighted by molar-refractivity contribution is 0.602. The third-order valence-corrected chi connectivity index (χ3v) is 3.79. The lowest BCUT2D eigenvalue weighted by atomic mass is 10.2. The molecule has 0 spiro atoms. The topological polar surface area (TPSA) is 26.0 Å². The van der Waals surface area contributed by atoms with E-state index in [0.29, 0.717) is 16.3 Å². The monoisotopic (exact) mass is 311 g/mol. The third kappa shape index (κ3) is 3.48. The van der Waals surface area contributed by atoms with Crippen molar-refractivity contribution in [2.75, 3.05) is 5.73 Å². The van der Waals surface area contributed by atoms with Crippen molar-refractivity contribution >= 4 is 33.4 Å². The van der Waals surface area contributed by atoms with Crippen LogP contribution in [0.3, 0.4) is 0 Å². The van der Waals surface area contributed by atoms with E-state index < -0.39 is 0 Å². The van der Waals surface area contributed by atoms with Crippen LogP contribution in [0.5, 0.6) is 0 Å². The van der Waals surface area contributed by atoms with Gasteiger partial charge in [0.05, 0.1) is 0 Å². The molecule has 0 bridgehead atoms. The van der Waals surface area contributed by atoms with Crippen LogP contribution < -0.4 is 5.73 Å². The molecular formula is C13H11BrFNS. The summed E-state index contributed by atoms with van der Waals surface area (Å²) in [5.41, 5.74) is 7.53. The minimum Gasteiger partial charge on any atom is -0.399 e. The van der Waals surface area contributed by atoms with E-state index in [2.05, 4.69) is 15.9 Å². The van der Waals surface area contributed by atoms with Crippen LogP contribution in [-0.2, 0) is 5.75 Å². The molecule has 0 unspecified atom stereocenters. The van der Waals surface area contributed by atoms with Crippen molar-refractivity contribution in [2.24, 2.45) is 0 Å². The van der Waals surface area contributed by atoms with Crippen molar-refractivity contribution in [3.05, 3.63) is 58.3 Å². The summed E-state index contributed by atoms with van der Waals surface area (Å²) in [6.45, 7) is 0. The highest BCUT2D eigenvalue weighted by atomic mass is 79.9. The van der Waals surface area contributed by atoms with Gasteiger partial charge in [-0.15, -0.1) is 11.8 Å². The van der Waals surface area contributed by atoms with Gasteiger partial charge in [0.2, 0.25) is 0 Å². The molecule has 2 aromatic carbocycles. The van der Waals surface area contributed by atoms with Crippen molar-refractivity contribution in [1.82, 2.24) is 0 Å². The van der Waals surface area contributed by atoms with Gasteiger partial charge in [0, 0.05) is 20.8 Å². The van der Waals surface area contributed by atoms with Crippen LogP contribution in [0.2, 0.25) is 0 Å². The lowest BCUT2D eigenvalue weighted by Crippen LogP contribution is -1.89. The SMILES string of the molecule is Nc1cc(Br)cc(CSc2ccccc2F)c1. The number of hydrogen-bond acceptors (Lipinski definition) is 2. The average molecular weight is 312 g/mol. The number of thioether (sulfide) groups is 1. The summed E-state index contributed by atoms with van der Waals surface area (Å²) >= 11 is 4.86. The van der Waals surface area contributed by atoms with Gasteiger partial charge in [-0.3, -0.25) is 0 Å². The van der Waals surface area contributed by atoms with E-state index in [4.69, 9.17) is 5.73 Å². The third-order valence-electron chi connectivity index (χ3n) is 2.21. The van der Waals surface area contributed by atoms with Crippen molar-refractivity contribution in [1.29, 1.82) is 0 Å². The Morgan fingerprint density at radius 1 is 1.18 bits per heavy atom. The Labute approximate surface area is 112 Å². The minimum atomic E-state index is -0.180. The molecule has 0 aliphatic heterocycles. The summed E-state index contributed by atoms with van der Waals surface area (Å²) in [6, 6.07) is 12.5. The summed E-state index contributed by atoms with van der Waals surface area (Å²) in [4.78, 5) is 0.658. The fourth-order valence-corrected chi connectivity index (χ4v) is 2.91. The van der Waals surface area contributed by atoms with Crippen LogP contribution in [-0.4, -0.2) is 0 Å². The Hall–Kier alpha value is -1.00. The Bertz CT molecular complexity index is 510. The molecule has 0 saturated carbocycles. The zero-order valence-electron chi connectivity index (χ0n) is 8.99. The molecule has 0 saturated heterocycles. The van der Waals surface area contributed by atoms with Crippen LogP contribution in [0.4, 0.5) is 10.1 Å². The molecule has 1 nitrogen and oxygen atoms in total. The quantitative estimate of drug-likeness (QED) is 0.669. The van der Waals surface area contributed by atoms with Crippen LogP contribution in [0.25, 0.3) is 0 Å². The smallest absolute Gasteiger partial charge is 0.136 e. The second-order valence-electron chi connectivity index (χ2n) is 3.61. The Morgan fingerprint density at radius 3 is 2.65 bits per heavy atom. The maximum atomic E-state index is 13.4. The second kappa shape index (κ2) is 5.56. The van der Waals surface area contributed by atoms with Gasteiger partial charge in [-0.05, 0) is 35.9 Å². The number of anilines is 1. The predicted molar refractivity (Wildman–Crippen MR) is 74.5 cm³/mol. The molecule has 0 aliphatic carbocycles. The van der Waals surface area contributed by atoms with E-state index in [1.165, 1.54) is 17.8 Å². The maximum Gasteiger partial charge on any atom is 0.136 e. The summed E-state index contributed by atoms with van der Waals surface area (Å²) in [6.07, 6.45) is 0. The number of nitrogen functional groups attached to an aromatic ring is 1. The van der Waals surface area contributed by atoms with Gasteiger partial charge in [0.25, 0.3) is 0 Å². The molecule has 0 aliphatic rings. The second-order valence-corrected chi connectivity index (χ2v) is 5.54. The van der Waals surface area contributed by atoms with Crippen LogP contribution >= 0.6 is 27.7 Å². The predicted octanol–water partition coefficient (Wildman–Crippen LogP) is 4.46. The Morgan fingerprint density at radius 2 is 1.94 bits per heavy atom. The molecule has 0 fully saturated rings. The van der Waals surface area contributed by atoms with Gasteiger partial charge >= 0.3 is 0 Å². The molecule has 2 aromatic rings. The van der Waals surface area contributed by atoms with E-state index in [1.54, 1.807) is 12.1 Å². The van der Waals surface area contributed by atoms with Gasteiger partial charge < -0.3 is 5.73 Å². The summed E-state index contributed by atoms with van der Waals surface area (Å²) in [5.74, 6) is 0.519. The number of rotatable bonds is 3. The molecule has 0 amide bonds. The first kappa shape index (κ1) is 12.5. The fourth-order valence-electron chi connectivity index (χ4n) is 1.48. The molecule has 0 aromatic heterocycles. The minimum absolute atomic E-state index is 0.180. The van der Waals surface area contributed by atoms with Gasteiger partial charge in [0.15, 0.2) is 0 Å². The molecule has 0 atom stereocenters. The molecule has 88 valence electrons. The van der Waals surface area contributed by atoms with Crippen molar-refractivity contribution in [3.63, 3.8) is 0 Å². The highest BCUT2D eigenvalue weighted by Gasteiger charge is 2.03. The van der Waals surface area contributed by atoms with E-state index in [0.717, 1.165) is 10.0 Å². The van der Waals surface area contributed by atoms with Crippen molar-refractivity contribution in [2.45, 2.75) is 10.6 Å². The highest BCUT2D eigenvalue weighted by molar-refractivity contribution is 9.10. The number of nitrogens with two attached hydrogens (primary N) is 1. The molecule has 4 heteroatoms. The highest BCUT2D eigenvalue weighted by Crippen LogP contribution is 2.27. The molecule has 0 radical (unpaired) electrons. The maximum absolute atomic E-state index is 13.4. The zero-order valence-corrected chi connectivity index (χ0v) is 11.4. The molecule has 2 rings (SSSR count). The van der Waals surface area contributed by atoms with E-state index in [9.17, 15) is 4.39 Å². The number of halogens is 2. The van der Waals surface area contributed by atoms with Crippen molar-refractivity contribution in [3.8, 4) is 0 Å². The largest absolute Gasteiger partial charge is 0.399 e. The van der Waals surface area contributed by atoms with Gasteiger partial charge in [-0.2, -0.15) is 0 Å². The normalized spacial score (nSPS) is 10.5. The summed E-state index contributed by atoms with van der Waals surface area (Å²) < 4.78 is 14.3. The molecular weight excluding hydrogens is 301 g/mol. The number of hydrogen-bond donors (Lipinski definition) is 1.